The van der Waals surface area contributed by atoms with Crippen molar-refractivity contribution in [1.82, 2.24) is 0 Å². The summed E-state index contributed by atoms with van der Waals surface area (Å²) in [6, 6.07) is 23.9. The van der Waals surface area contributed by atoms with Crippen molar-refractivity contribution in [2.75, 3.05) is 0 Å². The summed E-state index contributed by atoms with van der Waals surface area (Å²) in [5.74, 6) is 3.32. The molecule has 0 aromatic heterocycles. The Kier molecular flexibility index (Phi) is 2.95. The van der Waals surface area contributed by atoms with E-state index in [1.54, 1.807) is 6.07 Å². The highest BCUT2D eigenvalue weighted by atomic mass is 16.5. The van der Waals surface area contributed by atoms with Gasteiger partial charge in [-0.2, -0.15) is 5.26 Å². The highest BCUT2D eigenvalue weighted by Crippen LogP contribution is 2.32. The van der Waals surface area contributed by atoms with Gasteiger partial charge in [-0.15, -0.1) is 0 Å². The number of hydrogen-bond donors (Lipinski definition) is 0. The second kappa shape index (κ2) is 5.48. The van der Waals surface area contributed by atoms with Crippen LogP contribution in [0.2, 0.25) is 0 Å². The standard InChI is InChI=1S/C25H13NO2/c26-14-15-5-8-23-17(11-15)13-21-19-7-9-24-20(18(19)6-10-25(21)28-23)12-16-3-1-2-4-22(16)27-24/h1-13H. The number of ether oxygens (including phenoxy) is 2. The van der Waals surface area contributed by atoms with Crippen LogP contribution in [-0.4, -0.2) is 0 Å². The SMILES string of the molecule is N#Cc1ccc2c(c1)C=c1c(ccc3c4c(ccc13)Oc1ccccc1C=4)O2. The minimum absolute atomic E-state index is 0.623. The van der Waals surface area contributed by atoms with Gasteiger partial charge in [0.1, 0.15) is 23.0 Å². The minimum Gasteiger partial charge on any atom is -0.456 e. The molecule has 3 nitrogen and oxygen atoms in total. The summed E-state index contributed by atoms with van der Waals surface area (Å²) in [4.78, 5) is 0. The Balaban J connectivity index is 1.67. The van der Waals surface area contributed by atoms with Crippen LogP contribution in [-0.2, 0) is 0 Å². The first-order valence-electron chi connectivity index (χ1n) is 9.08. The fraction of sp³-hybridized carbons (Fsp3) is 0. The molecule has 4 aromatic carbocycles. The summed E-state index contributed by atoms with van der Waals surface area (Å²) in [5, 5.41) is 13.5. The third-order valence-electron chi connectivity index (χ3n) is 5.30. The van der Waals surface area contributed by atoms with Gasteiger partial charge >= 0.3 is 0 Å². The average molecular weight is 359 g/mol. The van der Waals surface area contributed by atoms with Gasteiger partial charge in [0.15, 0.2) is 0 Å². The molecule has 6 rings (SSSR count). The summed E-state index contributed by atoms with van der Waals surface area (Å²) < 4.78 is 12.2. The van der Waals surface area contributed by atoms with E-state index in [9.17, 15) is 5.26 Å². The van der Waals surface area contributed by atoms with Crippen LogP contribution in [0.3, 0.4) is 0 Å². The second-order valence-corrected chi connectivity index (χ2v) is 6.94. The zero-order valence-corrected chi connectivity index (χ0v) is 14.8. The average Bonchev–Trinajstić information content (AvgIpc) is 2.75. The molecule has 0 saturated heterocycles. The predicted molar refractivity (Wildman–Crippen MR) is 108 cm³/mol. The lowest BCUT2D eigenvalue weighted by Crippen LogP contribution is -2.17. The number of rotatable bonds is 0. The number of nitriles is 1. The molecular formula is C25H13NO2. The fourth-order valence-corrected chi connectivity index (χ4v) is 3.95. The highest BCUT2D eigenvalue weighted by Gasteiger charge is 2.17. The Hall–Kier alpha value is -4.03. The molecule has 3 heteroatoms. The molecular weight excluding hydrogens is 346 g/mol. The molecule has 0 bridgehead atoms. The van der Waals surface area contributed by atoms with Crippen LogP contribution in [0.15, 0.2) is 66.7 Å². The maximum Gasteiger partial charge on any atom is 0.135 e. The van der Waals surface area contributed by atoms with Gasteiger partial charge < -0.3 is 9.47 Å². The Labute approximate surface area is 161 Å². The van der Waals surface area contributed by atoms with Crippen molar-refractivity contribution in [3.63, 3.8) is 0 Å². The highest BCUT2D eigenvalue weighted by molar-refractivity contribution is 5.91. The van der Waals surface area contributed by atoms with Crippen LogP contribution in [0.4, 0.5) is 0 Å². The van der Waals surface area contributed by atoms with Crippen LogP contribution < -0.4 is 19.9 Å². The van der Waals surface area contributed by atoms with Gasteiger partial charge in [0.25, 0.3) is 0 Å². The molecule has 0 radical (unpaired) electrons. The summed E-state index contributed by atoms with van der Waals surface area (Å²) >= 11 is 0. The number of fused-ring (bicyclic) bond motifs is 7. The third kappa shape index (κ3) is 2.09. The summed E-state index contributed by atoms with van der Waals surface area (Å²) in [6.07, 6.45) is 4.27. The van der Waals surface area contributed by atoms with Crippen molar-refractivity contribution in [3.05, 3.63) is 93.9 Å². The molecule has 28 heavy (non-hydrogen) atoms. The van der Waals surface area contributed by atoms with Gasteiger partial charge in [0.2, 0.25) is 0 Å². The maximum absolute atomic E-state index is 9.20. The zero-order chi connectivity index (χ0) is 18.7. The summed E-state index contributed by atoms with van der Waals surface area (Å²) in [6.45, 7) is 0. The lowest BCUT2D eigenvalue weighted by molar-refractivity contribution is 0.472. The largest absolute Gasteiger partial charge is 0.456 e. The molecule has 130 valence electrons. The summed E-state index contributed by atoms with van der Waals surface area (Å²) in [5.41, 5.74) is 2.62. The lowest BCUT2D eigenvalue weighted by atomic mass is 9.98. The number of para-hydroxylation sites is 1. The van der Waals surface area contributed by atoms with Crippen LogP contribution in [0, 0.1) is 11.3 Å². The van der Waals surface area contributed by atoms with E-state index in [0.29, 0.717) is 5.56 Å². The number of benzene rings is 4. The Morgan fingerprint density at radius 1 is 0.607 bits per heavy atom. The van der Waals surface area contributed by atoms with Crippen molar-refractivity contribution in [2.24, 2.45) is 0 Å². The van der Waals surface area contributed by atoms with Gasteiger partial charge in [-0.3, -0.25) is 0 Å². The molecule has 4 aromatic rings. The molecule has 2 heterocycles. The molecule has 0 saturated carbocycles. The van der Waals surface area contributed by atoms with Gasteiger partial charge in [-0.05, 0) is 71.5 Å². The first-order chi connectivity index (χ1) is 13.8. The van der Waals surface area contributed by atoms with E-state index in [1.165, 1.54) is 0 Å². The molecule has 0 fully saturated rings. The van der Waals surface area contributed by atoms with E-state index < -0.39 is 0 Å². The molecule has 0 unspecified atom stereocenters. The van der Waals surface area contributed by atoms with E-state index in [1.807, 2.05) is 42.5 Å². The zero-order valence-electron chi connectivity index (χ0n) is 14.8. The molecule has 0 amide bonds. The van der Waals surface area contributed by atoms with Gasteiger partial charge in [-0.1, -0.05) is 18.2 Å². The molecule has 0 atom stereocenters. The lowest BCUT2D eigenvalue weighted by Gasteiger charge is -2.19. The minimum atomic E-state index is 0.623. The normalized spacial score (nSPS) is 12.7. The van der Waals surface area contributed by atoms with E-state index >= 15 is 0 Å². The second-order valence-electron chi connectivity index (χ2n) is 6.94. The fourth-order valence-electron chi connectivity index (χ4n) is 3.95. The Morgan fingerprint density at radius 2 is 1.21 bits per heavy atom. The molecule has 2 aliphatic heterocycles. The first kappa shape index (κ1) is 15.1. The van der Waals surface area contributed by atoms with Crippen LogP contribution in [0.25, 0.3) is 22.9 Å². The summed E-state index contributed by atoms with van der Waals surface area (Å²) in [7, 11) is 0. The predicted octanol–water partition coefficient (Wildman–Crippen LogP) is 4.58. The van der Waals surface area contributed by atoms with Gasteiger partial charge in [0.05, 0.1) is 11.6 Å². The van der Waals surface area contributed by atoms with E-state index in [4.69, 9.17) is 9.47 Å². The van der Waals surface area contributed by atoms with Crippen LogP contribution in [0.5, 0.6) is 23.0 Å². The quantitative estimate of drug-likeness (QED) is 0.399. The number of hydrogen-bond acceptors (Lipinski definition) is 3. The smallest absolute Gasteiger partial charge is 0.135 e. The topological polar surface area (TPSA) is 42.2 Å². The van der Waals surface area contributed by atoms with Crippen molar-refractivity contribution in [2.45, 2.75) is 0 Å². The van der Waals surface area contributed by atoms with Crippen molar-refractivity contribution < 1.29 is 9.47 Å². The van der Waals surface area contributed by atoms with Crippen LogP contribution in [0.1, 0.15) is 16.7 Å². The first-order valence-corrected chi connectivity index (χ1v) is 9.08. The van der Waals surface area contributed by atoms with Crippen molar-refractivity contribution in [3.8, 4) is 29.1 Å². The van der Waals surface area contributed by atoms with E-state index in [2.05, 4.69) is 36.4 Å². The monoisotopic (exact) mass is 359 g/mol. The molecule has 0 aliphatic carbocycles. The van der Waals surface area contributed by atoms with Crippen molar-refractivity contribution >= 4 is 22.9 Å². The van der Waals surface area contributed by atoms with E-state index in [-0.39, 0.29) is 0 Å². The Bertz CT molecular complexity index is 1480. The third-order valence-corrected chi connectivity index (χ3v) is 5.30. The van der Waals surface area contributed by atoms with E-state index in [0.717, 1.165) is 55.3 Å². The molecule has 0 N–H and O–H groups in total. The molecule has 0 spiro atoms. The molecule has 2 aliphatic rings. The maximum atomic E-state index is 9.20. The van der Waals surface area contributed by atoms with Crippen molar-refractivity contribution in [1.29, 1.82) is 5.26 Å². The number of nitrogens with zero attached hydrogens (tertiary/aromatic N) is 1. The van der Waals surface area contributed by atoms with Crippen LogP contribution >= 0.6 is 0 Å². The van der Waals surface area contributed by atoms with Gasteiger partial charge in [-0.25, -0.2) is 0 Å². The Morgan fingerprint density at radius 3 is 1.93 bits per heavy atom. The van der Waals surface area contributed by atoms with Gasteiger partial charge in [0, 0.05) is 21.6 Å².